The van der Waals surface area contributed by atoms with Crippen LogP contribution in [0.5, 0.6) is 0 Å². The van der Waals surface area contributed by atoms with Gasteiger partial charge in [-0.25, -0.2) is 13.4 Å². The average Bonchev–Trinajstić information content (AvgIpc) is 3.53. The highest BCUT2D eigenvalue weighted by molar-refractivity contribution is 7.93. The molecule has 5 rings (SSSR count). The quantitative estimate of drug-likeness (QED) is 0.370. The highest BCUT2D eigenvalue weighted by Gasteiger charge is 2.27. The fourth-order valence-electron chi connectivity index (χ4n) is 4.55. The molecule has 1 aliphatic heterocycles. The number of hydrogen-bond donors (Lipinski definition) is 1. The number of fused-ring (bicyclic) bond motifs is 1. The first-order chi connectivity index (χ1) is 17.3. The molecule has 1 aliphatic rings. The number of carbonyl (C=O) groups excluding carboxylic acids is 1. The van der Waals surface area contributed by atoms with Gasteiger partial charge in [-0.1, -0.05) is 23.7 Å². The van der Waals surface area contributed by atoms with E-state index in [2.05, 4.69) is 19.0 Å². The highest BCUT2D eigenvalue weighted by Crippen LogP contribution is 2.26. The lowest BCUT2D eigenvalue weighted by Crippen LogP contribution is -2.54. The Kier molecular flexibility index (Phi) is 6.87. The van der Waals surface area contributed by atoms with Gasteiger partial charge in [0.15, 0.2) is 0 Å². The number of aryl methyl sites for hydroxylation is 1. The molecular formula is C24H27ClN6O3S2. The van der Waals surface area contributed by atoms with E-state index in [4.69, 9.17) is 11.6 Å². The highest BCUT2D eigenvalue weighted by atomic mass is 35.5. The van der Waals surface area contributed by atoms with Crippen LogP contribution in [0.3, 0.4) is 0 Å². The van der Waals surface area contributed by atoms with Crippen LogP contribution in [0.25, 0.3) is 10.9 Å². The van der Waals surface area contributed by atoms with E-state index in [1.165, 1.54) is 6.33 Å². The van der Waals surface area contributed by atoms with Gasteiger partial charge in [0.05, 0.1) is 15.4 Å². The molecule has 190 valence electrons. The Morgan fingerprint density at radius 1 is 1.19 bits per heavy atom. The standard InChI is InChI=1S/C24H25ClN6O3S2.H2/c1-17-15-30(19-5-7-20(8-6-19)36(33,34)28-24-26-16-27-35-24)13-14-31(17)22(32)10-12-29-11-9-18-3-2-4-21(25)23(18)29;/h2-9,11,16-17H,10,12-15H2,1H3,(H,26,27,28);1H. The number of halogens is 1. The van der Waals surface area contributed by atoms with Crippen LogP contribution >= 0.6 is 23.1 Å². The van der Waals surface area contributed by atoms with Crippen molar-refractivity contribution in [3.8, 4) is 0 Å². The Bertz CT molecular complexity index is 1480. The number of piperazine rings is 1. The molecule has 0 radical (unpaired) electrons. The summed E-state index contributed by atoms with van der Waals surface area (Å²) in [5, 5.41) is 1.97. The number of aromatic nitrogens is 3. The molecule has 0 saturated carbocycles. The first kappa shape index (κ1) is 24.5. The molecule has 12 heteroatoms. The number of hydrogen-bond acceptors (Lipinski definition) is 7. The predicted molar refractivity (Wildman–Crippen MR) is 144 cm³/mol. The van der Waals surface area contributed by atoms with Crippen LogP contribution in [0, 0.1) is 0 Å². The molecule has 0 spiro atoms. The molecule has 36 heavy (non-hydrogen) atoms. The molecule has 1 amide bonds. The molecule has 0 bridgehead atoms. The molecule has 9 nitrogen and oxygen atoms in total. The van der Waals surface area contributed by atoms with Crippen LogP contribution in [-0.4, -0.2) is 58.8 Å². The van der Waals surface area contributed by atoms with Crippen LogP contribution < -0.4 is 9.62 Å². The average molecular weight is 547 g/mol. The lowest BCUT2D eigenvalue weighted by Gasteiger charge is -2.41. The minimum absolute atomic E-state index is 0. The second-order valence-corrected chi connectivity index (χ2v) is 11.5. The first-order valence-corrected chi connectivity index (χ1v) is 14.1. The van der Waals surface area contributed by atoms with Gasteiger partial charge < -0.3 is 14.4 Å². The zero-order valence-electron chi connectivity index (χ0n) is 19.5. The zero-order chi connectivity index (χ0) is 25.3. The van der Waals surface area contributed by atoms with Gasteiger partial charge >= 0.3 is 0 Å². The molecular weight excluding hydrogens is 520 g/mol. The van der Waals surface area contributed by atoms with Crippen molar-refractivity contribution in [3.63, 3.8) is 0 Å². The zero-order valence-corrected chi connectivity index (χ0v) is 21.9. The molecule has 2 aromatic heterocycles. The minimum Gasteiger partial charge on any atom is -0.368 e. The van der Waals surface area contributed by atoms with E-state index in [1.54, 1.807) is 24.3 Å². The Morgan fingerprint density at radius 3 is 2.72 bits per heavy atom. The third kappa shape index (κ3) is 5.04. The second-order valence-electron chi connectivity index (χ2n) is 8.66. The van der Waals surface area contributed by atoms with E-state index in [1.807, 2.05) is 46.9 Å². The normalized spacial score (nSPS) is 16.4. The third-order valence-electron chi connectivity index (χ3n) is 6.35. The lowest BCUT2D eigenvalue weighted by atomic mass is 10.1. The summed E-state index contributed by atoms with van der Waals surface area (Å²) >= 11 is 7.35. The van der Waals surface area contributed by atoms with Crippen molar-refractivity contribution in [3.05, 3.63) is 66.1 Å². The second kappa shape index (κ2) is 10.1. The summed E-state index contributed by atoms with van der Waals surface area (Å²) in [5.74, 6) is 0.111. The van der Waals surface area contributed by atoms with Crippen LogP contribution in [-0.2, 0) is 21.4 Å². The topological polar surface area (TPSA) is 100 Å². The van der Waals surface area contributed by atoms with Gasteiger partial charge in [0.1, 0.15) is 6.33 Å². The molecule has 3 heterocycles. The van der Waals surface area contributed by atoms with Crippen LogP contribution in [0.15, 0.2) is 66.0 Å². The summed E-state index contributed by atoms with van der Waals surface area (Å²) in [4.78, 5) is 21.1. The third-order valence-corrected chi connectivity index (χ3v) is 8.72. The number of carbonyl (C=O) groups is 1. The maximum Gasteiger partial charge on any atom is 0.263 e. The fourth-order valence-corrected chi connectivity index (χ4v) is 6.50. The molecule has 1 saturated heterocycles. The molecule has 1 atom stereocenters. The summed E-state index contributed by atoms with van der Waals surface area (Å²) in [6.07, 6.45) is 3.67. The van der Waals surface area contributed by atoms with Crippen LogP contribution in [0.4, 0.5) is 10.8 Å². The van der Waals surface area contributed by atoms with E-state index in [-0.39, 0.29) is 23.4 Å². The van der Waals surface area contributed by atoms with Gasteiger partial charge in [-0.15, -0.1) is 0 Å². The maximum atomic E-state index is 13.0. The van der Waals surface area contributed by atoms with E-state index < -0.39 is 10.0 Å². The Labute approximate surface area is 220 Å². The number of para-hydroxylation sites is 1. The summed E-state index contributed by atoms with van der Waals surface area (Å²) in [6.45, 7) is 4.55. The summed E-state index contributed by atoms with van der Waals surface area (Å²) < 4.78 is 33.4. The van der Waals surface area contributed by atoms with E-state index >= 15 is 0 Å². The maximum absolute atomic E-state index is 13.0. The minimum atomic E-state index is -3.73. The van der Waals surface area contributed by atoms with Gasteiger partial charge in [-0.2, -0.15) is 4.37 Å². The predicted octanol–water partition coefficient (Wildman–Crippen LogP) is 4.32. The van der Waals surface area contributed by atoms with Gasteiger partial charge in [0.25, 0.3) is 10.0 Å². The first-order valence-electron chi connectivity index (χ1n) is 11.5. The van der Waals surface area contributed by atoms with Crippen molar-refractivity contribution in [1.82, 2.24) is 18.8 Å². The number of benzene rings is 2. The van der Waals surface area contributed by atoms with Crippen molar-refractivity contribution < 1.29 is 14.6 Å². The Balaban J connectivity index is 0.00000320. The molecule has 0 aliphatic carbocycles. The fraction of sp³-hybridized carbons (Fsp3) is 0.292. The number of nitrogens with zero attached hydrogens (tertiary/aromatic N) is 5. The van der Waals surface area contributed by atoms with Crippen molar-refractivity contribution in [2.75, 3.05) is 29.3 Å². The number of sulfonamides is 1. The number of nitrogens with one attached hydrogen (secondary N) is 1. The summed E-state index contributed by atoms with van der Waals surface area (Å²) in [5.41, 5.74) is 1.87. The summed E-state index contributed by atoms with van der Waals surface area (Å²) in [6, 6.07) is 14.6. The van der Waals surface area contributed by atoms with Crippen molar-refractivity contribution in [1.29, 1.82) is 0 Å². The van der Waals surface area contributed by atoms with E-state index in [0.717, 1.165) is 28.1 Å². The van der Waals surface area contributed by atoms with Crippen molar-refractivity contribution in [2.24, 2.45) is 0 Å². The summed E-state index contributed by atoms with van der Waals surface area (Å²) in [7, 11) is -3.73. The SMILES string of the molecule is CC1CN(c2ccc(S(=O)(=O)Nc3ncns3)cc2)CCN1C(=O)CCn1ccc2cccc(Cl)c21.[HH]. The largest absolute Gasteiger partial charge is 0.368 e. The Hall–Kier alpha value is -3.15. The van der Waals surface area contributed by atoms with Gasteiger partial charge in [0.2, 0.25) is 11.0 Å². The number of rotatable bonds is 7. The Morgan fingerprint density at radius 2 is 2.00 bits per heavy atom. The van der Waals surface area contributed by atoms with E-state index in [9.17, 15) is 13.2 Å². The van der Waals surface area contributed by atoms with Gasteiger partial charge in [-0.05, 0) is 43.3 Å². The number of anilines is 2. The van der Waals surface area contributed by atoms with Gasteiger partial charge in [0, 0.05) is 68.9 Å². The molecule has 1 unspecified atom stereocenters. The molecule has 1 fully saturated rings. The lowest BCUT2D eigenvalue weighted by molar-refractivity contribution is -0.133. The molecule has 2 aromatic carbocycles. The monoisotopic (exact) mass is 546 g/mol. The van der Waals surface area contributed by atoms with Crippen LogP contribution in [0.2, 0.25) is 5.02 Å². The van der Waals surface area contributed by atoms with Crippen molar-refractivity contribution >= 4 is 60.8 Å². The van der Waals surface area contributed by atoms with Crippen LogP contribution in [0.1, 0.15) is 14.8 Å². The smallest absolute Gasteiger partial charge is 0.263 e. The van der Waals surface area contributed by atoms with E-state index in [0.29, 0.717) is 37.6 Å². The van der Waals surface area contributed by atoms with Gasteiger partial charge in [-0.3, -0.25) is 9.52 Å². The molecule has 4 aromatic rings. The van der Waals surface area contributed by atoms with Crippen molar-refractivity contribution in [2.45, 2.75) is 30.8 Å². The molecule has 1 N–H and O–H groups in total. The number of amides is 1.